The van der Waals surface area contributed by atoms with Crippen LogP contribution in [0.3, 0.4) is 0 Å². The highest BCUT2D eigenvalue weighted by molar-refractivity contribution is 6.02. The second-order valence-electron chi connectivity index (χ2n) is 6.77. The molecular formula is C24H20N6O. The summed E-state index contributed by atoms with van der Waals surface area (Å²) in [5.41, 5.74) is 5.00. The number of hydrogen-bond acceptors (Lipinski definition) is 6. The van der Waals surface area contributed by atoms with Crippen LogP contribution in [-0.2, 0) is 4.79 Å². The first-order valence-corrected chi connectivity index (χ1v) is 9.67. The number of amides is 1. The van der Waals surface area contributed by atoms with Gasteiger partial charge in [0, 0.05) is 54.0 Å². The van der Waals surface area contributed by atoms with Gasteiger partial charge in [-0.25, -0.2) is 9.97 Å². The minimum Gasteiger partial charge on any atom is -0.324 e. The van der Waals surface area contributed by atoms with E-state index >= 15 is 0 Å². The number of nitrogens with zero attached hydrogens (tertiary/aromatic N) is 4. The van der Waals surface area contributed by atoms with E-state index in [0.717, 1.165) is 28.1 Å². The zero-order chi connectivity index (χ0) is 21.5. The van der Waals surface area contributed by atoms with Gasteiger partial charge >= 0.3 is 0 Å². The number of pyridine rings is 2. The Morgan fingerprint density at radius 1 is 0.968 bits per heavy atom. The van der Waals surface area contributed by atoms with E-state index in [1.54, 1.807) is 37.1 Å². The Bertz CT molecular complexity index is 1210. The second-order valence-corrected chi connectivity index (χ2v) is 6.77. The molecule has 4 rings (SSSR count). The molecule has 4 aromatic rings. The monoisotopic (exact) mass is 408 g/mol. The summed E-state index contributed by atoms with van der Waals surface area (Å²) < 4.78 is 0. The van der Waals surface area contributed by atoms with Gasteiger partial charge in [-0.2, -0.15) is 0 Å². The quantitative estimate of drug-likeness (QED) is 0.452. The molecule has 0 unspecified atom stereocenters. The molecule has 7 heteroatoms. The zero-order valence-electron chi connectivity index (χ0n) is 16.9. The van der Waals surface area contributed by atoms with Gasteiger partial charge in [-0.05, 0) is 60.5 Å². The molecule has 0 aliphatic heterocycles. The molecule has 0 aliphatic rings. The smallest absolute Gasteiger partial charge is 0.248 e. The molecule has 0 radical (unpaired) electrons. The lowest BCUT2D eigenvalue weighted by molar-refractivity contribution is -0.111. The fraction of sp³-hybridized carbons (Fsp3) is 0.0417. The first kappa shape index (κ1) is 19.9. The number of nitrogens with one attached hydrogen (secondary N) is 2. The van der Waals surface area contributed by atoms with Crippen LogP contribution in [0.1, 0.15) is 11.1 Å². The Morgan fingerprint density at radius 3 is 2.58 bits per heavy atom. The molecule has 1 amide bonds. The van der Waals surface area contributed by atoms with Crippen LogP contribution in [0.25, 0.3) is 17.3 Å². The van der Waals surface area contributed by atoms with Crippen molar-refractivity contribution >= 4 is 29.3 Å². The molecule has 152 valence electrons. The van der Waals surface area contributed by atoms with Gasteiger partial charge < -0.3 is 10.6 Å². The summed E-state index contributed by atoms with van der Waals surface area (Å²) in [6.07, 6.45) is 11.7. The van der Waals surface area contributed by atoms with Crippen molar-refractivity contribution in [3.8, 4) is 11.3 Å². The molecule has 3 heterocycles. The Labute approximate surface area is 180 Å². The lowest BCUT2D eigenvalue weighted by Crippen LogP contribution is -2.08. The highest BCUT2D eigenvalue weighted by atomic mass is 16.1. The van der Waals surface area contributed by atoms with Crippen molar-refractivity contribution in [1.82, 2.24) is 19.9 Å². The molecule has 0 atom stereocenters. The van der Waals surface area contributed by atoms with Gasteiger partial charge in [0.25, 0.3) is 0 Å². The van der Waals surface area contributed by atoms with Crippen molar-refractivity contribution in [3.63, 3.8) is 0 Å². The van der Waals surface area contributed by atoms with Gasteiger partial charge in [0.1, 0.15) is 0 Å². The summed E-state index contributed by atoms with van der Waals surface area (Å²) in [5, 5.41) is 6.10. The van der Waals surface area contributed by atoms with Crippen LogP contribution in [0.15, 0.2) is 85.6 Å². The first-order valence-electron chi connectivity index (χ1n) is 9.67. The Balaban J connectivity index is 1.48. The molecule has 7 nitrogen and oxygen atoms in total. The standard InChI is InChI=1S/C24H20N6O/c1-17-6-8-20(28-23(31)9-7-18-4-2-11-25-15-18)14-22(17)30-24-27-13-10-21(29-24)19-5-3-12-26-16-19/h2-16H,1H3,(H,28,31)(H,27,29,30)/b9-7+. The highest BCUT2D eigenvalue weighted by Gasteiger charge is 2.07. The maximum absolute atomic E-state index is 12.3. The zero-order valence-corrected chi connectivity index (χ0v) is 16.9. The van der Waals surface area contributed by atoms with Crippen LogP contribution >= 0.6 is 0 Å². The summed E-state index contributed by atoms with van der Waals surface area (Å²) in [6, 6.07) is 15.0. The van der Waals surface area contributed by atoms with Crippen LogP contribution in [0, 0.1) is 6.92 Å². The number of aromatic nitrogens is 4. The van der Waals surface area contributed by atoms with Gasteiger partial charge in [-0.1, -0.05) is 12.1 Å². The third kappa shape index (κ3) is 5.36. The fourth-order valence-electron chi connectivity index (χ4n) is 2.88. The fourth-order valence-corrected chi connectivity index (χ4v) is 2.88. The van der Waals surface area contributed by atoms with E-state index in [1.165, 1.54) is 6.08 Å². The van der Waals surface area contributed by atoms with Crippen LogP contribution in [-0.4, -0.2) is 25.8 Å². The Kier molecular flexibility index (Phi) is 6.04. The Morgan fingerprint density at radius 2 is 1.81 bits per heavy atom. The van der Waals surface area contributed by atoms with Crippen molar-refractivity contribution in [2.24, 2.45) is 0 Å². The minimum atomic E-state index is -0.228. The number of hydrogen-bond donors (Lipinski definition) is 2. The van der Waals surface area contributed by atoms with Crippen LogP contribution in [0.5, 0.6) is 0 Å². The first-order chi connectivity index (χ1) is 15.2. The SMILES string of the molecule is Cc1ccc(NC(=O)/C=C/c2cccnc2)cc1Nc1nccc(-c2cccnc2)n1. The third-order valence-electron chi connectivity index (χ3n) is 4.48. The van der Waals surface area contributed by atoms with Gasteiger partial charge in [0.05, 0.1) is 5.69 Å². The molecule has 2 N–H and O–H groups in total. The molecule has 1 aromatic carbocycles. The maximum atomic E-state index is 12.3. The minimum absolute atomic E-state index is 0.228. The lowest BCUT2D eigenvalue weighted by atomic mass is 10.1. The molecule has 0 aliphatic carbocycles. The molecular weight excluding hydrogens is 388 g/mol. The largest absolute Gasteiger partial charge is 0.324 e. The number of anilines is 3. The lowest BCUT2D eigenvalue weighted by Gasteiger charge is -2.11. The number of rotatable bonds is 6. The summed E-state index contributed by atoms with van der Waals surface area (Å²) in [5.74, 6) is 0.234. The molecule has 0 saturated heterocycles. The number of carbonyl (C=O) groups is 1. The van der Waals surface area contributed by atoms with Crippen LogP contribution in [0.4, 0.5) is 17.3 Å². The van der Waals surface area contributed by atoms with E-state index in [0.29, 0.717) is 11.6 Å². The molecule has 31 heavy (non-hydrogen) atoms. The predicted molar refractivity (Wildman–Crippen MR) is 122 cm³/mol. The number of carbonyl (C=O) groups excluding carboxylic acids is 1. The summed E-state index contributed by atoms with van der Waals surface area (Å²) in [7, 11) is 0. The molecule has 0 spiro atoms. The van der Waals surface area contributed by atoms with Crippen molar-refractivity contribution < 1.29 is 4.79 Å². The molecule has 0 saturated carbocycles. The number of benzene rings is 1. The normalized spacial score (nSPS) is 10.7. The third-order valence-corrected chi connectivity index (χ3v) is 4.48. The molecule has 3 aromatic heterocycles. The van der Waals surface area contributed by atoms with Gasteiger partial charge in [-0.3, -0.25) is 14.8 Å². The predicted octanol–water partition coefficient (Wildman–Crippen LogP) is 4.64. The van der Waals surface area contributed by atoms with Crippen molar-refractivity contribution in [2.45, 2.75) is 6.92 Å². The van der Waals surface area contributed by atoms with Gasteiger partial charge in [0.15, 0.2) is 0 Å². The van der Waals surface area contributed by atoms with E-state index in [-0.39, 0.29) is 5.91 Å². The summed E-state index contributed by atoms with van der Waals surface area (Å²) in [6.45, 7) is 1.97. The van der Waals surface area contributed by atoms with Gasteiger partial charge in [0.2, 0.25) is 11.9 Å². The van der Waals surface area contributed by atoms with E-state index in [4.69, 9.17) is 0 Å². The average molecular weight is 408 g/mol. The van der Waals surface area contributed by atoms with Crippen LogP contribution in [0.2, 0.25) is 0 Å². The summed E-state index contributed by atoms with van der Waals surface area (Å²) >= 11 is 0. The van der Waals surface area contributed by atoms with E-state index in [9.17, 15) is 4.79 Å². The van der Waals surface area contributed by atoms with Crippen molar-refractivity contribution in [3.05, 3.63) is 96.7 Å². The average Bonchev–Trinajstić information content (AvgIpc) is 2.81. The van der Waals surface area contributed by atoms with E-state index < -0.39 is 0 Å². The van der Waals surface area contributed by atoms with Crippen molar-refractivity contribution in [2.75, 3.05) is 10.6 Å². The number of aryl methyl sites for hydroxylation is 1. The Hall–Kier alpha value is -4.39. The summed E-state index contributed by atoms with van der Waals surface area (Å²) in [4.78, 5) is 29.3. The molecule has 0 fully saturated rings. The maximum Gasteiger partial charge on any atom is 0.248 e. The van der Waals surface area contributed by atoms with Crippen molar-refractivity contribution in [1.29, 1.82) is 0 Å². The highest BCUT2D eigenvalue weighted by Crippen LogP contribution is 2.24. The van der Waals surface area contributed by atoms with E-state index in [1.807, 2.05) is 55.5 Å². The second kappa shape index (κ2) is 9.41. The van der Waals surface area contributed by atoms with Gasteiger partial charge in [-0.15, -0.1) is 0 Å². The topological polar surface area (TPSA) is 92.7 Å². The van der Waals surface area contributed by atoms with Crippen LogP contribution < -0.4 is 10.6 Å². The molecule has 0 bridgehead atoms. The van der Waals surface area contributed by atoms with E-state index in [2.05, 4.69) is 30.6 Å².